The van der Waals surface area contributed by atoms with Crippen LogP contribution in [-0.2, 0) is 37.6 Å². The van der Waals surface area contributed by atoms with Gasteiger partial charge in [0.05, 0.1) is 18.4 Å². The van der Waals surface area contributed by atoms with Gasteiger partial charge in [-0.25, -0.2) is 0 Å². The highest BCUT2D eigenvalue weighted by Crippen LogP contribution is 2.26. The molecule has 1 fully saturated rings. The van der Waals surface area contributed by atoms with Gasteiger partial charge in [-0.2, -0.15) is 0 Å². The topological polar surface area (TPSA) is 143 Å². The van der Waals surface area contributed by atoms with Gasteiger partial charge in [0.25, 0.3) is 0 Å². The van der Waals surface area contributed by atoms with E-state index in [9.17, 15) is 19.2 Å². The highest BCUT2D eigenvalue weighted by molar-refractivity contribution is 5.97. The lowest BCUT2D eigenvalue weighted by Crippen LogP contribution is -2.57. The first-order chi connectivity index (χ1) is 23.5. The van der Waals surface area contributed by atoms with Crippen molar-refractivity contribution in [3.05, 3.63) is 95.1 Å². The Labute approximate surface area is 289 Å². The molecule has 10 nitrogen and oxygen atoms in total. The highest BCUT2D eigenvalue weighted by atomic mass is 16.5. The van der Waals surface area contributed by atoms with Gasteiger partial charge in [0.15, 0.2) is 0 Å². The number of anilines is 1. The quantitative estimate of drug-likeness (QED) is 0.291. The molecule has 5 N–H and O–H groups in total. The molecule has 2 heterocycles. The Kier molecular flexibility index (Phi) is 11.6. The summed E-state index contributed by atoms with van der Waals surface area (Å²) in [5.74, 6) is -0.575. The minimum Gasteiger partial charge on any atom is -0.494 e. The lowest BCUT2D eigenvalue weighted by molar-refractivity contribution is -0.139. The van der Waals surface area contributed by atoms with E-state index < -0.39 is 29.3 Å². The molecule has 0 saturated carbocycles. The van der Waals surface area contributed by atoms with Crippen molar-refractivity contribution in [1.29, 1.82) is 0 Å². The van der Waals surface area contributed by atoms with Crippen molar-refractivity contribution in [2.24, 2.45) is 5.92 Å². The van der Waals surface area contributed by atoms with Crippen molar-refractivity contribution < 1.29 is 23.9 Å². The van der Waals surface area contributed by atoms with Crippen molar-refractivity contribution in [3.63, 3.8) is 0 Å². The summed E-state index contributed by atoms with van der Waals surface area (Å²) in [4.78, 5) is 57.3. The third-order valence-electron chi connectivity index (χ3n) is 9.84. The first-order valence-electron chi connectivity index (χ1n) is 17.3. The van der Waals surface area contributed by atoms with Crippen LogP contribution in [-0.4, -0.2) is 60.3 Å². The van der Waals surface area contributed by atoms with Crippen molar-refractivity contribution in [2.45, 2.75) is 83.3 Å². The van der Waals surface area contributed by atoms with Gasteiger partial charge in [-0.3, -0.25) is 19.2 Å². The zero-order valence-electron chi connectivity index (χ0n) is 28.8. The summed E-state index contributed by atoms with van der Waals surface area (Å²) in [5, 5.41) is 8.81. The third-order valence-corrected chi connectivity index (χ3v) is 9.84. The molecule has 1 saturated heterocycles. The normalized spacial score (nSPS) is 21.0. The Balaban J connectivity index is 1.43. The fraction of sp³-hybridized carbons (Fsp3) is 0.436. The van der Waals surface area contributed by atoms with Crippen LogP contribution in [0.15, 0.2) is 72.8 Å². The minimum atomic E-state index is -1.19. The SMILES string of the molecule is Cc1ccc2cc1CNC(=O)[C@H](CCc1ccccc1)NC(=O)[C@@H](NC(=O)C(C)(C)c1ccc(N)cc1)CC(=O)N1CCCC(CCO2)C1. The molecular formula is C39H49N5O5. The number of nitrogen functional groups attached to an aromatic ring is 1. The molecule has 2 aliphatic heterocycles. The van der Waals surface area contributed by atoms with E-state index >= 15 is 0 Å². The molecule has 1 unspecified atom stereocenters. The molecular weight excluding hydrogens is 618 g/mol. The highest BCUT2D eigenvalue weighted by Gasteiger charge is 2.36. The summed E-state index contributed by atoms with van der Waals surface area (Å²) in [6.45, 7) is 7.41. The summed E-state index contributed by atoms with van der Waals surface area (Å²) in [7, 11) is 0. The third kappa shape index (κ3) is 9.40. The van der Waals surface area contributed by atoms with Crippen molar-refractivity contribution in [2.75, 3.05) is 25.4 Å². The smallest absolute Gasteiger partial charge is 0.243 e. The summed E-state index contributed by atoms with van der Waals surface area (Å²) in [6.07, 6.45) is 3.25. The van der Waals surface area contributed by atoms with E-state index in [1.54, 1.807) is 43.0 Å². The number of hydrogen-bond acceptors (Lipinski definition) is 6. The standard InChI is InChI=1S/C39H49N5O5/c1-26-11-17-32-22-29(26)24-41-36(46)33(18-12-27-8-5-4-6-9-27)42-37(47)34(23-35(45)44-20-7-10-28(25-44)19-21-49-32)43-38(48)39(2,3)30-13-15-31(40)16-14-30/h4-6,8-9,11,13-17,22,28,33-34H,7,10,12,18-21,23-25,40H2,1-3H3,(H,41,46)(H,42,47)(H,43,48)/t28?,33-,34-/m0/s1. The van der Waals surface area contributed by atoms with Crippen LogP contribution in [0.5, 0.6) is 5.75 Å². The Bertz CT molecular complexity index is 1620. The predicted molar refractivity (Wildman–Crippen MR) is 190 cm³/mol. The zero-order valence-corrected chi connectivity index (χ0v) is 28.8. The summed E-state index contributed by atoms with van der Waals surface area (Å²) < 4.78 is 6.12. The molecule has 0 spiro atoms. The Morgan fingerprint density at radius 2 is 1.76 bits per heavy atom. The number of fused-ring (bicyclic) bond motifs is 4. The number of nitrogens with zero attached hydrogens (tertiary/aromatic N) is 1. The predicted octanol–water partition coefficient (Wildman–Crippen LogP) is 4.18. The van der Waals surface area contributed by atoms with E-state index in [0.29, 0.717) is 43.8 Å². The fourth-order valence-corrected chi connectivity index (χ4v) is 6.48. The Morgan fingerprint density at radius 1 is 1.00 bits per heavy atom. The Hall–Kier alpha value is -4.86. The van der Waals surface area contributed by atoms with Gasteiger partial charge in [0, 0.05) is 25.3 Å². The number of piperidine rings is 1. The van der Waals surface area contributed by atoms with Crippen LogP contribution >= 0.6 is 0 Å². The van der Waals surface area contributed by atoms with Crippen LogP contribution in [0, 0.1) is 12.8 Å². The number of amides is 4. The van der Waals surface area contributed by atoms with Crippen LogP contribution < -0.4 is 26.4 Å². The number of carbonyl (C=O) groups is 4. The summed E-state index contributed by atoms with van der Waals surface area (Å²) >= 11 is 0. The lowest BCUT2D eigenvalue weighted by atomic mass is 9.83. The molecule has 4 bridgehead atoms. The van der Waals surface area contributed by atoms with Gasteiger partial charge < -0.3 is 31.3 Å². The second-order valence-electron chi connectivity index (χ2n) is 13.9. The number of nitrogens with one attached hydrogen (secondary N) is 3. The van der Waals surface area contributed by atoms with Crippen LogP contribution in [0.3, 0.4) is 0 Å². The fourth-order valence-electron chi connectivity index (χ4n) is 6.48. The van der Waals surface area contributed by atoms with Crippen LogP contribution in [0.4, 0.5) is 5.69 Å². The first kappa shape index (κ1) is 35.4. The lowest BCUT2D eigenvalue weighted by Gasteiger charge is -2.34. The van der Waals surface area contributed by atoms with Gasteiger partial charge in [-0.1, -0.05) is 48.5 Å². The van der Waals surface area contributed by atoms with Gasteiger partial charge in [-0.15, -0.1) is 0 Å². The van der Waals surface area contributed by atoms with Gasteiger partial charge in [-0.05, 0) is 105 Å². The maximum absolute atomic E-state index is 14.1. The van der Waals surface area contributed by atoms with Crippen molar-refractivity contribution in [1.82, 2.24) is 20.9 Å². The number of ether oxygens (including phenoxy) is 1. The van der Waals surface area contributed by atoms with Gasteiger partial charge in [0.2, 0.25) is 23.6 Å². The van der Waals surface area contributed by atoms with E-state index in [4.69, 9.17) is 10.5 Å². The minimum absolute atomic E-state index is 0.217. The monoisotopic (exact) mass is 667 g/mol. The number of hydrogen-bond donors (Lipinski definition) is 4. The van der Waals surface area contributed by atoms with E-state index in [1.807, 2.05) is 55.5 Å². The number of carbonyl (C=O) groups excluding carboxylic acids is 4. The molecule has 0 aromatic heterocycles. The molecule has 5 rings (SSSR count). The number of rotatable bonds is 6. The van der Waals surface area contributed by atoms with Gasteiger partial charge >= 0.3 is 0 Å². The average Bonchev–Trinajstić information content (AvgIpc) is 3.10. The number of nitrogens with two attached hydrogens (primary N) is 1. The molecule has 4 amide bonds. The summed E-state index contributed by atoms with van der Waals surface area (Å²) in [6, 6.07) is 20.5. The van der Waals surface area contributed by atoms with Crippen LogP contribution in [0.2, 0.25) is 0 Å². The zero-order chi connectivity index (χ0) is 35.0. The molecule has 0 radical (unpaired) electrons. The Morgan fingerprint density at radius 3 is 2.51 bits per heavy atom. The first-order valence-corrected chi connectivity index (χ1v) is 17.3. The second kappa shape index (κ2) is 16.0. The van der Waals surface area contributed by atoms with E-state index in [0.717, 1.165) is 41.7 Å². The van der Waals surface area contributed by atoms with Crippen molar-refractivity contribution in [3.8, 4) is 5.75 Å². The number of benzene rings is 3. The van der Waals surface area contributed by atoms with Gasteiger partial charge in [0.1, 0.15) is 17.8 Å². The second-order valence-corrected chi connectivity index (χ2v) is 13.9. The summed E-state index contributed by atoms with van der Waals surface area (Å²) in [5.41, 5.74) is 9.09. The molecule has 260 valence electrons. The maximum Gasteiger partial charge on any atom is 0.243 e. The molecule has 3 atom stereocenters. The largest absolute Gasteiger partial charge is 0.494 e. The van der Waals surface area contributed by atoms with Crippen molar-refractivity contribution >= 4 is 29.3 Å². The maximum atomic E-state index is 14.1. The average molecular weight is 668 g/mol. The number of aryl methyl sites for hydroxylation is 2. The molecule has 0 aliphatic carbocycles. The van der Waals surface area contributed by atoms with E-state index in [2.05, 4.69) is 16.0 Å². The van der Waals surface area contributed by atoms with Crippen LogP contribution in [0.1, 0.15) is 68.2 Å². The molecule has 3 aromatic rings. The van der Waals surface area contributed by atoms with Crippen LogP contribution in [0.25, 0.3) is 0 Å². The van der Waals surface area contributed by atoms with E-state index in [-0.39, 0.29) is 30.7 Å². The van der Waals surface area contributed by atoms with E-state index in [1.165, 1.54) is 0 Å². The molecule has 2 aliphatic rings. The molecule has 3 aromatic carbocycles. The molecule has 49 heavy (non-hydrogen) atoms. The molecule has 10 heteroatoms.